The maximum Gasteiger partial charge on any atom is 0.0618 e. The Balaban J connectivity index is 3.23. The predicted molar refractivity (Wildman–Crippen MR) is 31.3 cm³/mol. The molecule has 0 aliphatic heterocycles. The maximum atomic E-state index is 8.28. The molecule has 0 bridgehead atoms. The summed E-state index contributed by atoms with van der Waals surface area (Å²) in [6.45, 7) is 4.11. The average Bonchev–Trinajstić information content (AvgIpc) is 1.72. The number of hydrogen-bond donors (Lipinski definition) is 0. The summed E-state index contributed by atoms with van der Waals surface area (Å²) in [5.74, 6) is 0. The van der Waals surface area contributed by atoms with Crippen molar-refractivity contribution in [2.75, 3.05) is 0 Å². The Hall–Kier alpha value is -0.293. The van der Waals surface area contributed by atoms with Crippen LogP contribution < -0.4 is 0 Å². The van der Waals surface area contributed by atoms with Crippen molar-refractivity contribution in [3.05, 3.63) is 0 Å². The first-order chi connectivity index (χ1) is 3.35. The van der Waals surface area contributed by atoms with E-state index >= 15 is 0 Å². The molecule has 0 fully saturated rings. The van der Waals surface area contributed by atoms with Gasteiger partial charge in [0.2, 0.25) is 0 Å². The first kappa shape index (κ1) is 6.71. The van der Waals surface area contributed by atoms with Crippen molar-refractivity contribution < 1.29 is 0 Å². The minimum atomic E-state index is 0.319. The fourth-order valence-corrected chi connectivity index (χ4v) is 0.897. The number of hydrogen-bond acceptors (Lipinski definition) is 1. The number of nitriles is 1. The van der Waals surface area contributed by atoms with Gasteiger partial charge in [-0.15, -0.1) is 0 Å². The Morgan fingerprint density at radius 3 is 2.43 bits per heavy atom. The van der Waals surface area contributed by atoms with E-state index in [0.717, 1.165) is 15.9 Å². The van der Waals surface area contributed by atoms with Crippen LogP contribution in [0.5, 0.6) is 0 Å². The molecule has 1 atom stereocenters. The second-order valence-electron chi connectivity index (χ2n) is 1.38. The smallest absolute Gasteiger partial charge is 0.0618 e. The van der Waals surface area contributed by atoms with Gasteiger partial charge in [-0.05, 0) is 6.42 Å². The summed E-state index contributed by atoms with van der Waals surface area (Å²) in [6.07, 6.45) is 1.01. The van der Waals surface area contributed by atoms with Gasteiger partial charge in [-0.1, -0.05) is 13.5 Å². The summed E-state index contributed by atoms with van der Waals surface area (Å²) in [5, 5.41) is 8.28. The highest BCUT2D eigenvalue weighted by molar-refractivity contribution is 6.36. The number of rotatable bonds is 2. The van der Waals surface area contributed by atoms with Crippen molar-refractivity contribution in [2.45, 2.75) is 25.4 Å². The molecular weight excluding hydrogens is 102 g/mol. The van der Waals surface area contributed by atoms with E-state index in [-0.39, 0.29) is 0 Å². The maximum absolute atomic E-state index is 8.28. The normalized spacial score (nSPS) is 12.7. The zero-order valence-corrected chi connectivity index (χ0v) is 5.73. The lowest BCUT2D eigenvalue weighted by Crippen LogP contribution is -1.92. The van der Waals surface area contributed by atoms with Crippen molar-refractivity contribution in [3.63, 3.8) is 0 Å². The lowest BCUT2D eigenvalue weighted by atomic mass is 10.4. The van der Waals surface area contributed by atoms with Gasteiger partial charge < -0.3 is 0 Å². The highest BCUT2D eigenvalue weighted by Gasteiger charge is 1.97. The first-order valence-corrected chi connectivity index (χ1v) is 3.99. The Morgan fingerprint density at radius 2 is 2.43 bits per heavy atom. The fraction of sp³-hybridized carbons (Fsp3) is 0.800. The van der Waals surface area contributed by atoms with E-state index < -0.39 is 0 Å². The van der Waals surface area contributed by atoms with Crippen molar-refractivity contribution >= 4 is 9.52 Å². The summed E-state index contributed by atoms with van der Waals surface area (Å²) < 4.78 is 0. The van der Waals surface area contributed by atoms with Gasteiger partial charge in [-0.3, -0.25) is 0 Å². The van der Waals surface area contributed by atoms with E-state index in [1.165, 1.54) is 0 Å². The predicted octanol–water partition coefficient (Wildman–Crippen LogP) is 1.46. The molecule has 2 radical (unpaired) electrons. The van der Waals surface area contributed by atoms with E-state index in [1.54, 1.807) is 0 Å². The highest BCUT2D eigenvalue weighted by atomic mass is 28.2. The standard InChI is InChI=1S/C5H9NSi/c1-3-5(4-6)7-2/h5H,3H2,1-2H3. The topological polar surface area (TPSA) is 23.8 Å². The summed E-state index contributed by atoms with van der Waals surface area (Å²) in [5.41, 5.74) is 0.319. The Morgan fingerprint density at radius 1 is 1.86 bits per heavy atom. The molecule has 0 aromatic rings. The van der Waals surface area contributed by atoms with E-state index in [9.17, 15) is 0 Å². The van der Waals surface area contributed by atoms with Crippen LogP contribution in [0, 0.1) is 11.3 Å². The summed E-state index contributed by atoms with van der Waals surface area (Å²) in [4.78, 5) is 0. The largest absolute Gasteiger partial charge is 0.198 e. The number of nitrogens with zero attached hydrogens (tertiary/aromatic N) is 1. The van der Waals surface area contributed by atoms with Crippen LogP contribution in [-0.4, -0.2) is 9.52 Å². The Kier molecular flexibility index (Phi) is 3.72. The summed E-state index contributed by atoms with van der Waals surface area (Å²) >= 11 is 0. The lowest BCUT2D eigenvalue weighted by Gasteiger charge is -1.94. The van der Waals surface area contributed by atoms with E-state index in [1.807, 2.05) is 6.92 Å². The van der Waals surface area contributed by atoms with Crippen LogP contribution in [0.4, 0.5) is 0 Å². The van der Waals surface area contributed by atoms with Gasteiger partial charge >= 0.3 is 0 Å². The summed E-state index contributed by atoms with van der Waals surface area (Å²) in [6, 6.07) is 2.21. The molecule has 0 saturated heterocycles. The minimum absolute atomic E-state index is 0.319. The molecule has 7 heavy (non-hydrogen) atoms. The third kappa shape index (κ3) is 2.41. The minimum Gasteiger partial charge on any atom is -0.198 e. The molecule has 2 heteroatoms. The highest BCUT2D eigenvalue weighted by Crippen LogP contribution is 2.03. The van der Waals surface area contributed by atoms with E-state index in [0.29, 0.717) is 5.54 Å². The fourth-order valence-electron chi connectivity index (χ4n) is 0.360. The first-order valence-electron chi connectivity index (χ1n) is 2.42. The van der Waals surface area contributed by atoms with Crippen LogP contribution in [0.3, 0.4) is 0 Å². The third-order valence-corrected chi connectivity index (χ3v) is 2.15. The zero-order valence-electron chi connectivity index (χ0n) is 4.73. The summed E-state index contributed by atoms with van der Waals surface area (Å²) in [7, 11) is 0.788. The molecule has 0 aliphatic carbocycles. The molecule has 1 nitrogen and oxygen atoms in total. The van der Waals surface area contributed by atoms with Crippen molar-refractivity contribution in [1.82, 2.24) is 0 Å². The molecule has 0 rings (SSSR count). The van der Waals surface area contributed by atoms with Gasteiger partial charge in [-0.2, -0.15) is 5.26 Å². The van der Waals surface area contributed by atoms with Crippen LogP contribution in [0.15, 0.2) is 0 Å². The molecular formula is C5H9NSi. The monoisotopic (exact) mass is 111 g/mol. The molecule has 1 unspecified atom stereocenters. The van der Waals surface area contributed by atoms with Gasteiger partial charge in [0.1, 0.15) is 0 Å². The third-order valence-electron chi connectivity index (χ3n) is 0.913. The molecule has 0 aromatic heterocycles. The molecule has 0 heterocycles. The van der Waals surface area contributed by atoms with Gasteiger partial charge in [-0.25, -0.2) is 0 Å². The Bertz CT molecular complexity index is 70.6. The molecule has 0 N–H and O–H groups in total. The van der Waals surface area contributed by atoms with Crippen LogP contribution in [0.1, 0.15) is 13.3 Å². The molecule has 38 valence electrons. The quantitative estimate of drug-likeness (QED) is 0.495. The SMILES string of the molecule is CCC(C#N)[Si]C. The molecule has 0 saturated carbocycles. The molecule has 0 aliphatic rings. The van der Waals surface area contributed by atoms with Gasteiger partial charge in [0.05, 0.1) is 15.6 Å². The van der Waals surface area contributed by atoms with Crippen molar-refractivity contribution in [2.24, 2.45) is 0 Å². The average molecular weight is 111 g/mol. The van der Waals surface area contributed by atoms with Gasteiger partial charge in [0, 0.05) is 5.54 Å². The zero-order chi connectivity index (χ0) is 5.70. The van der Waals surface area contributed by atoms with Crippen LogP contribution in [0.25, 0.3) is 0 Å². The van der Waals surface area contributed by atoms with E-state index in [4.69, 9.17) is 5.26 Å². The van der Waals surface area contributed by atoms with Crippen molar-refractivity contribution in [1.29, 1.82) is 5.26 Å². The van der Waals surface area contributed by atoms with Gasteiger partial charge in [0.25, 0.3) is 0 Å². The lowest BCUT2D eigenvalue weighted by molar-refractivity contribution is 0.953. The molecule has 0 amide bonds. The van der Waals surface area contributed by atoms with E-state index in [2.05, 4.69) is 12.6 Å². The van der Waals surface area contributed by atoms with Crippen molar-refractivity contribution in [3.8, 4) is 6.07 Å². The Labute approximate surface area is 47.2 Å². The second-order valence-corrected chi connectivity index (χ2v) is 2.65. The second kappa shape index (κ2) is 3.88. The molecule has 0 aromatic carbocycles. The van der Waals surface area contributed by atoms with Crippen LogP contribution >= 0.6 is 0 Å². The van der Waals surface area contributed by atoms with Crippen LogP contribution in [-0.2, 0) is 0 Å². The molecule has 0 spiro atoms. The van der Waals surface area contributed by atoms with Gasteiger partial charge in [0.15, 0.2) is 0 Å². The van der Waals surface area contributed by atoms with Crippen LogP contribution in [0.2, 0.25) is 12.1 Å².